The molecule has 0 atom stereocenters. The summed E-state index contributed by atoms with van der Waals surface area (Å²) in [6.07, 6.45) is 11.2. The van der Waals surface area contributed by atoms with Crippen molar-refractivity contribution in [1.29, 1.82) is 0 Å². The number of halogens is 3. The molecule has 0 unspecified atom stereocenters. The van der Waals surface area contributed by atoms with Crippen molar-refractivity contribution in [1.82, 2.24) is 0 Å². The van der Waals surface area contributed by atoms with Gasteiger partial charge in [-0.15, -0.1) is 6.58 Å². The highest BCUT2D eigenvalue weighted by molar-refractivity contribution is 5.33. The number of alkyl halides is 2. The van der Waals surface area contributed by atoms with Crippen LogP contribution in [0.5, 0.6) is 11.5 Å². The summed E-state index contributed by atoms with van der Waals surface area (Å²) < 4.78 is 52.4. The number of ether oxygens (including phenoxy) is 2. The molecule has 2 saturated carbocycles. The van der Waals surface area contributed by atoms with E-state index >= 15 is 0 Å². The van der Waals surface area contributed by atoms with Crippen LogP contribution < -0.4 is 9.47 Å². The largest absolute Gasteiger partial charge is 0.491 e. The highest BCUT2D eigenvalue weighted by Crippen LogP contribution is 2.39. The maximum Gasteiger partial charge on any atom is 0.397 e. The molecule has 0 aromatic heterocycles. The summed E-state index contributed by atoms with van der Waals surface area (Å²) in [4.78, 5) is 0. The lowest BCUT2D eigenvalue weighted by atomic mass is 9.75. The predicted octanol–water partition coefficient (Wildman–Crippen LogP) is 8.56. The van der Waals surface area contributed by atoms with Gasteiger partial charge in [0, 0.05) is 6.07 Å². The topological polar surface area (TPSA) is 18.5 Å². The zero-order chi connectivity index (χ0) is 23.0. The first-order valence-corrected chi connectivity index (χ1v) is 12.5. The molecule has 5 heteroatoms. The zero-order valence-electron chi connectivity index (χ0n) is 19.5. The molecule has 1 aromatic rings. The van der Waals surface area contributed by atoms with Crippen LogP contribution in [0, 0.1) is 29.5 Å². The zero-order valence-corrected chi connectivity index (χ0v) is 19.5. The normalized spacial score (nSPS) is 26.5. The van der Waals surface area contributed by atoms with E-state index in [-0.39, 0.29) is 17.9 Å². The van der Waals surface area contributed by atoms with E-state index in [9.17, 15) is 13.2 Å². The number of hydrogen-bond acceptors (Lipinski definition) is 2. The monoisotopic (exact) mass is 452 g/mol. The molecule has 0 radical (unpaired) electrons. The molecule has 0 spiro atoms. The van der Waals surface area contributed by atoms with Crippen LogP contribution >= 0.6 is 0 Å². The van der Waals surface area contributed by atoms with Crippen LogP contribution in [-0.2, 0) is 0 Å². The molecule has 2 nitrogen and oxygen atoms in total. The number of rotatable bonds is 11. The third-order valence-corrected chi connectivity index (χ3v) is 7.49. The van der Waals surface area contributed by atoms with Crippen molar-refractivity contribution in [3.8, 4) is 11.5 Å². The Labute approximate surface area is 191 Å². The summed E-state index contributed by atoms with van der Waals surface area (Å²) in [7, 11) is 0. The van der Waals surface area contributed by atoms with Gasteiger partial charge in [0.2, 0.25) is 0 Å². The Kier molecular flexibility index (Phi) is 9.36. The number of hydrogen-bond donors (Lipinski definition) is 0. The molecular formula is C27H39F3O2. The van der Waals surface area contributed by atoms with Crippen molar-refractivity contribution >= 4 is 0 Å². The fourth-order valence-electron chi connectivity index (χ4n) is 5.41. The number of allylic oxidation sites excluding steroid dienone is 1. The summed E-state index contributed by atoms with van der Waals surface area (Å²) in [5.41, 5.74) is 0. The molecule has 0 bridgehead atoms. The van der Waals surface area contributed by atoms with Gasteiger partial charge in [-0.1, -0.05) is 44.6 Å². The second kappa shape index (κ2) is 12.0. The predicted molar refractivity (Wildman–Crippen MR) is 123 cm³/mol. The van der Waals surface area contributed by atoms with Gasteiger partial charge < -0.3 is 9.47 Å². The van der Waals surface area contributed by atoms with Crippen LogP contribution in [0.4, 0.5) is 13.2 Å². The van der Waals surface area contributed by atoms with Gasteiger partial charge in [-0.2, -0.15) is 8.78 Å². The lowest BCUT2D eigenvalue weighted by Crippen LogP contribution is -2.26. The van der Waals surface area contributed by atoms with E-state index in [1.807, 2.05) is 0 Å². The van der Waals surface area contributed by atoms with Crippen LogP contribution in [0.25, 0.3) is 0 Å². The summed E-state index contributed by atoms with van der Waals surface area (Å²) in [6, 6.07) is 3.63. The van der Waals surface area contributed by atoms with Crippen LogP contribution in [0.2, 0.25) is 0 Å². The summed E-state index contributed by atoms with van der Waals surface area (Å²) in [6.45, 7) is 5.97. The summed E-state index contributed by atoms with van der Waals surface area (Å²) in [5.74, 6) is 1.87. The molecule has 0 N–H and O–H groups in total. The third kappa shape index (κ3) is 7.74. The Hall–Kier alpha value is -1.65. The smallest absolute Gasteiger partial charge is 0.397 e. The fraction of sp³-hybridized carbons (Fsp3) is 0.704. The first kappa shape index (κ1) is 25.0. The van der Waals surface area contributed by atoms with Gasteiger partial charge in [0.05, 0.1) is 13.0 Å². The van der Waals surface area contributed by atoms with Crippen molar-refractivity contribution in [3.05, 3.63) is 36.7 Å². The molecule has 32 heavy (non-hydrogen) atoms. The van der Waals surface area contributed by atoms with E-state index in [4.69, 9.17) is 9.47 Å². The molecule has 2 aliphatic carbocycles. The van der Waals surface area contributed by atoms with E-state index in [2.05, 4.69) is 12.7 Å². The maximum atomic E-state index is 14.3. The molecule has 1 aromatic carbocycles. The van der Waals surface area contributed by atoms with E-state index in [1.54, 1.807) is 6.92 Å². The van der Waals surface area contributed by atoms with E-state index in [1.165, 1.54) is 50.7 Å². The van der Waals surface area contributed by atoms with Gasteiger partial charge in [-0.3, -0.25) is 0 Å². The van der Waals surface area contributed by atoms with Crippen molar-refractivity contribution in [2.45, 2.75) is 90.1 Å². The molecular weight excluding hydrogens is 413 g/mol. The maximum absolute atomic E-state index is 14.3. The Morgan fingerprint density at radius 2 is 1.50 bits per heavy atom. The van der Waals surface area contributed by atoms with E-state index in [0.29, 0.717) is 18.9 Å². The molecule has 0 saturated heterocycles. The summed E-state index contributed by atoms with van der Waals surface area (Å²) in [5, 5.41) is 0. The molecule has 2 aliphatic rings. The average molecular weight is 453 g/mol. The Bertz CT molecular complexity index is 705. The molecule has 180 valence electrons. The first-order valence-electron chi connectivity index (χ1n) is 12.5. The van der Waals surface area contributed by atoms with Crippen LogP contribution in [-0.4, -0.2) is 12.7 Å². The first-order chi connectivity index (χ1) is 15.4. The van der Waals surface area contributed by atoms with E-state index in [0.717, 1.165) is 49.5 Å². The minimum Gasteiger partial charge on any atom is -0.491 e. The van der Waals surface area contributed by atoms with Gasteiger partial charge in [-0.25, -0.2) is 4.39 Å². The van der Waals surface area contributed by atoms with Gasteiger partial charge in [0.15, 0.2) is 11.6 Å². The Balaban J connectivity index is 1.34. The average Bonchev–Trinajstić information content (AvgIpc) is 2.79. The van der Waals surface area contributed by atoms with Crippen LogP contribution in [0.15, 0.2) is 30.9 Å². The van der Waals surface area contributed by atoms with Crippen LogP contribution in [0.3, 0.4) is 0 Å². The van der Waals surface area contributed by atoms with E-state index < -0.39 is 11.9 Å². The molecule has 0 amide bonds. The van der Waals surface area contributed by atoms with Crippen molar-refractivity contribution in [2.24, 2.45) is 23.7 Å². The van der Waals surface area contributed by atoms with Gasteiger partial charge >= 0.3 is 6.11 Å². The van der Waals surface area contributed by atoms with Gasteiger partial charge in [0.1, 0.15) is 5.75 Å². The molecule has 0 heterocycles. The molecule has 0 aliphatic heterocycles. The second-order valence-corrected chi connectivity index (χ2v) is 9.78. The Morgan fingerprint density at radius 1 is 0.938 bits per heavy atom. The molecule has 2 fully saturated rings. The van der Waals surface area contributed by atoms with Crippen molar-refractivity contribution in [2.75, 3.05) is 6.61 Å². The lowest BCUT2D eigenvalue weighted by Gasteiger charge is -2.32. The Morgan fingerprint density at radius 3 is 2.03 bits per heavy atom. The minimum absolute atomic E-state index is 0.0457. The molecule has 3 rings (SSSR count). The highest BCUT2D eigenvalue weighted by Gasteiger charge is 2.33. The van der Waals surface area contributed by atoms with Gasteiger partial charge in [-0.05, 0) is 74.8 Å². The van der Waals surface area contributed by atoms with Crippen molar-refractivity contribution < 1.29 is 22.6 Å². The SMILES string of the molecule is C=CC1CCC(CCC2CCC(CCC(F)(F)Oc3ccc(OCC)c(F)c3)CC2)CC1. The minimum atomic E-state index is -3.29. The number of benzene rings is 1. The second-order valence-electron chi connectivity index (χ2n) is 9.78. The van der Waals surface area contributed by atoms with Crippen molar-refractivity contribution in [3.63, 3.8) is 0 Å². The standard InChI is InChI=1S/C27H39F3O2/c1-3-20-5-7-21(8-6-20)9-10-22-11-13-23(14-12-22)17-18-27(29,30)32-24-15-16-26(31-4-2)25(28)19-24/h3,15-16,19-23H,1,4-14,17-18H2,2H3. The van der Waals surface area contributed by atoms with Crippen LogP contribution in [0.1, 0.15) is 84.0 Å². The van der Waals surface area contributed by atoms with Gasteiger partial charge in [0.25, 0.3) is 0 Å². The quantitative estimate of drug-likeness (QED) is 0.313. The summed E-state index contributed by atoms with van der Waals surface area (Å²) >= 11 is 0. The highest BCUT2D eigenvalue weighted by atomic mass is 19.3. The lowest BCUT2D eigenvalue weighted by molar-refractivity contribution is -0.183. The fourth-order valence-corrected chi connectivity index (χ4v) is 5.41. The third-order valence-electron chi connectivity index (χ3n) is 7.49.